The Labute approximate surface area is 111 Å². The second kappa shape index (κ2) is 5.95. The Balaban J connectivity index is 2.17. The van der Waals surface area contributed by atoms with Crippen molar-refractivity contribution in [2.24, 2.45) is 0 Å². The van der Waals surface area contributed by atoms with E-state index in [1.54, 1.807) is 6.20 Å². The molecule has 0 saturated carbocycles. The molecular weight excluding hydrogens is 242 g/mol. The van der Waals surface area contributed by atoms with Crippen molar-refractivity contribution in [2.75, 3.05) is 5.32 Å². The van der Waals surface area contributed by atoms with Gasteiger partial charge in [0.15, 0.2) is 0 Å². The van der Waals surface area contributed by atoms with Gasteiger partial charge in [-0.2, -0.15) is 0 Å². The van der Waals surface area contributed by atoms with Crippen molar-refractivity contribution in [2.45, 2.75) is 19.9 Å². The number of aromatic nitrogens is 2. The van der Waals surface area contributed by atoms with Gasteiger partial charge in [0, 0.05) is 12.4 Å². The van der Waals surface area contributed by atoms with Crippen molar-refractivity contribution in [3.05, 3.63) is 53.6 Å². The summed E-state index contributed by atoms with van der Waals surface area (Å²) in [4.78, 5) is 19.3. The third-order valence-corrected chi connectivity index (χ3v) is 2.86. The van der Waals surface area contributed by atoms with Gasteiger partial charge in [0.1, 0.15) is 0 Å². The zero-order valence-corrected chi connectivity index (χ0v) is 10.6. The van der Waals surface area contributed by atoms with Crippen LogP contribution in [-0.4, -0.2) is 21.0 Å². The first-order valence-electron chi connectivity index (χ1n) is 6.06. The van der Waals surface area contributed by atoms with Crippen molar-refractivity contribution in [3.63, 3.8) is 0 Å². The quantitative estimate of drug-likeness (QED) is 0.860. The molecule has 0 unspecified atom stereocenters. The van der Waals surface area contributed by atoms with Gasteiger partial charge in [0.25, 0.3) is 0 Å². The molecule has 0 atom stereocenters. The molecule has 98 valence electrons. The smallest absolute Gasteiger partial charge is 0.337 e. The van der Waals surface area contributed by atoms with E-state index in [4.69, 9.17) is 5.11 Å². The zero-order valence-electron chi connectivity index (χ0n) is 10.6. The lowest BCUT2D eigenvalue weighted by Crippen LogP contribution is -2.09. The van der Waals surface area contributed by atoms with Crippen molar-refractivity contribution in [1.29, 1.82) is 0 Å². The topological polar surface area (TPSA) is 75.1 Å². The summed E-state index contributed by atoms with van der Waals surface area (Å²) in [6, 6.07) is 5.39. The summed E-state index contributed by atoms with van der Waals surface area (Å²) < 4.78 is 0. The fraction of sp³-hybridized carbons (Fsp3) is 0.214. The van der Waals surface area contributed by atoms with Gasteiger partial charge in [-0.15, -0.1) is 0 Å². The van der Waals surface area contributed by atoms with Crippen LogP contribution in [0.2, 0.25) is 0 Å². The minimum atomic E-state index is -0.971. The molecule has 0 amide bonds. The molecule has 0 aliphatic rings. The standard InChI is InChI=1S/C14H15N3O2/c1-2-10-4-3-6-16-12(10)9-17-13-8-15-7-5-11(13)14(18)19/h3-8,17H,2,9H2,1H3,(H,18,19). The van der Waals surface area contributed by atoms with E-state index >= 15 is 0 Å². The van der Waals surface area contributed by atoms with Gasteiger partial charge < -0.3 is 10.4 Å². The molecule has 5 heteroatoms. The van der Waals surface area contributed by atoms with Gasteiger partial charge in [0.05, 0.1) is 29.7 Å². The minimum Gasteiger partial charge on any atom is -0.478 e. The molecule has 2 heterocycles. The van der Waals surface area contributed by atoms with Crippen LogP contribution in [0.3, 0.4) is 0 Å². The van der Waals surface area contributed by atoms with Gasteiger partial charge in [-0.05, 0) is 24.1 Å². The average Bonchev–Trinajstić information content (AvgIpc) is 2.45. The van der Waals surface area contributed by atoms with Crippen LogP contribution in [-0.2, 0) is 13.0 Å². The van der Waals surface area contributed by atoms with E-state index in [9.17, 15) is 4.79 Å². The summed E-state index contributed by atoms with van der Waals surface area (Å²) in [6.07, 6.45) is 5.60. The third kappa shape index (κ3) is 3.07. The Bertz CT molecular complexity index is 584. The zero-order chi connectivity index (χ0) is 13.7. The lowest BCUT2D eigenvalue weighted by Gasteiger charge is -2.10. The lowest BCUT2D eigenvalue weighted by atomic mass is 10.1. The van der Waals surface area contributed by atoms with E-state index in [0.29, 0.717) is 12.2 Å². The number of carboxylic acids is 1. The number of hydrogen-bond donors (Lipinski definition) is 2. The third-order valence-electron chi connectivity index (χ3n) is 2.86. The Morgan fingerprint density at radius 2 is 2.21 bits per heavy atom. The van der Waals surface area contributed by atoms with Gasteiger partial charge in [-0.1, -0.05) is 13.0 Å². The molecular formula is C14H15N3O2. The summed E-state index contributed by atoms with van der Waals surface area (Å²) in [5, 5.41) is 12.2. The largest absolute Gasteiger partial charge is 0.478 e. The van der Waals surface area contributed by atoms with E-state index in [1.807, 2.05) is 12.1 Å². The molecule has 0 radical (unpaired) electrons. The summed E-state index contributed by atoms with van der Waals surface area (Å²) in [6.45, 7) is 2.54. The Morgan fingerprint density at radius 3 is 2.95 bits per heavy atom. The minimum absolute atomic E-state index is 0.212. The summed E-state index contributed by atoms with van der Waals surface area (Å²) in [5.74, 6) is -0.971. The van der Waals surface area contributed by atoms with E-state index in [0.717, 1.165) is 17.7 Å². The first-order chi connectivity index (χ1) is 9.22. The number of pyridine rings is 2. The van der Waals surface area contributed by atoms with Crippen LogP contribution in [0, 0.1) is 0 Å². The maximum Gasteiger partial charge on any atom is 0.337 e. The van der Waals surface area contributed by atoms with Gasteiger partial charge in [-0.3, -0.25) is 9.97 Å². The first-order valence-corrected chi connectivity index (χ1v) is 6.06. The molecule has 2 aromatic heterocycles. The van der Waals surface area contributed by atoms with E-state index in [2.05, 4.69) is 22.2 Å². The summed E-state index contributed by atoms with van der Waals surface area (Å²) in [5.41, 5.74) is 2.78. The normalized spacial score (nSPS) is 10.2. The molecule has 0 bridgehead atoms. The van der Waals surface area contributed by atoms with Gasteiger partial charge >= 0.3 is 5.97 Å². The van der Waals surface area contributed by atoms with E-state index < -0.39 is 5.97 Å². The van der Waals surface area contributed by atoms with E-state index in [1.165, 1.54) is 18.5 Å². The highest BCUT2D eigenvalue weighted by Crippen LogP contribution is 2.15. The van der Waals surface area contributed by atoms with Gasteiger partial charge in [0.2, 0.25) is 0 Å². The Morgan fingerprint density at radius 1 is 1.37 bits per heavy atom. The van der Waals surface area contributed by atoms with Crippen molar-refractivity contribution < 1.29 is 9.90 Å². The number of anilines is 1. The molecule has 2 N–H and O–H groups in total. The summed E-state index contributed by atoms with van der Waals surface area (Å²) in [7, 11) is 0. The number of aryl methyl sites for hydroxylation is 1. The number of carboxylic acid groups (broad SMARTS) is 1. The maximum atomic E-state index is 11.1. The van der Waals surface area contributed by atoms with Crippen LogP contribution < -0.4 is 5.32 Å². The number of hydrogen-bond acceptors (Lipinski definition) is 4. The highest BCUT2D eigenvalue weighted by Gasteiger charge is 2.10. The molecule has 2 rings (SSSR count). The predicted molar refractivity (Wildman–Crippen MR) is 72.1 cm³/mol. The SMILES string of the molecule is CCc1cccnc1CNc1cnccc1C(=O)O. The molecule has 0 aliphatic carbocycles. The maximum absolute atomic E-state index is 11.1. The van der Waals surface area contributed by atoms with Crippen molar-refractivity contribution in [1.82, 2.24) is 9.97 Å². The first kappa shape index (κ1) is 13.0. The number of nitrogens with zero attached hydrogens (tertiary/aromatic N) is 2. The fourth-order valence-corrected chi connectivity index (χ4v) is 1.85. The monoisotopic (exact) mass is 257 g/mol. The van der Waals surface area contributed by atoms with Gasteiger partial charge in [-0.25, -0.2) is 4.79 Å². The van der Waals surface area contributed by atoms with E-state index in [-0.39, 0.29) is 5.56 Å². The average molecular weight is 257 g/mol. The lowest BCUT2D eigenvalue weighted by molar-refractivity contribution is 0.0698. The molecule has 0 fully saturated rings. The van der Waals surface area contributed by atoms with Crippen molar-refractivity contribution in [3.8, 4) is 0 Å². The van der Waals surface area contributed by atoms with Crippen LogP contribution in [0.4, 0.5) is 5.69 Å². The number of aromatic carboxylic acids is 1. The second-order valence-corrected chi connectivity index (χ2v) is 4.04. The Kier molecular flexibility index (Phi) is 4.07. The van der Waals surface area contributed by atoms with Crippen molar-refractivity contribution >= 4 is 11.7 Å². The fourth-order valence-electron chi connectivity index (χ4n) is 1.85. The molecule has 0 aromatic carbocycles. The molecule has 19 heavy (non-hydrogen) atoms. The Hall–Kier alpha value is -2.43. The molecule has 0 aliphatic heterocycles. The van der Waals surface area contributed by atoms with Crippen LogP contribution in [0.25, 0.3) is 0 Å². The molecule has 0 saturated heterocycles. The summed E-state index contributed by atoms with van der Waals surface area (Å²) >= 11 is 0. The van der Waals surface area contributed by atoms with Crippen LogP contribution in [0.15, 0.2) is 36.8 Å². The molecule has 0 spiro atoms. The predicted octanol–water partition coefficient (Wildman–Crippen LogP) is 2.35. The second-order valence-electron chi connectivity index (χ2n) is 4.04. The molecule has 5 nitrogen and oxygen atoms in total. The van der Waals surface area contributed by atoms with Crippen LogP contribution >= 0.6 is 0 Å². The highest BCUT2D eigenvalue weighted by atomic mass is 16.4. The number of rotatable bonds is 5. The van der Waals surface area contributed by atoms with Crippen LogP contribution in [0.5, 0.6) is 0 Å². The molecule has 2 aromatic rings. The number of carbonyl (C=O) groups is 1. The number of nitrogens with one attached hydrogen (secondary N) is 1. The van der Waals surface area contributed by atoms with Crippen LogP contribution in [0.1, 0.15) is 28.5 Å². The highest BCUT2D eigenvalue weighted by molar-refractivity contribution is 5.93.